The molecule has 0 radical (unpaired) electrons. The summed E-state index contributed by atoms with van der Waals surface area (Å²) in [6.07, 6.45) is 3.93. The molecule has 1 rings (SSSR count). The fraction of sp³-hybridized carbons (Fsp3) is 0.929. The lowest BCUT2D eigenvalue weighted by atomic mass is 9.93. The minimum Gasteiger partial charge on any atom is -0.444 e. The number of ether oxygens (including phenoxy) is 2. The monoisotopic (exact) mass is 257 g/mol. The molecule has 0 aromatic rings. The number of rotatable bonds is 4. The van der Waals surface area contributed by atoms with Crippen molar-refractivity contribution in [2.75, 3.05) is 13.2 Å². The van der Waals surface area contributed by atoms with E-state index in [0.717, 1.165) is 32.5 Å². The summed E-state index contributed by atoms with van der Waals surface area (Å²) in [5.74, 6) is 0.568. The topological polar surface area (TPSA) is 47.6 Å². The zero-order valence-electron chi connectivity index (χ0n) is 12.1. The van der Waals surface area contributed by atoms with Crippen molar-refractivity contribution in [1.29, 1.82) is 0 Å². The third kappa shape index (κ3) is 6.24. The summed E-state index contributed by atoms with van der Waals surface area (Å²) in [6, 6.07) is 0.187. The third-order valence-corrected chi connectivity index (χ3v) is 3.09. The molecule has 18 heavy (non-hydrogen) atoms. The third-order valence-electron chi connectivity index (χ3n) is 3.09. The van der Waals surface area contributed by atoms with E-state index in [-0.39, 0.29) is 12.1 Å². The second kappa shape index (κ2) is 6.98. The Morgan fingerprint density at radius 3 is 2.72 bits per heavy atom. The summed E-state index contributed by atoms with van der Waals surface area (Å²) in [6.45, 7) is 9.43. The average molecular weight is 257 g/mol. The molecule has 0 aliphatic carbocycles. The minimum absolute atomic E-state index is 0.187. The lowest BCUT2D eigenvalue weighted by molar-refractivity contribution is 0.0385. The van der Waals surface area contributed by atoms with Gasteiger partial charge in [0, 0.05) is 19.3 Å². The van der Waals surface area contributed by atoms with Crippen LogP contribution >= 0.6 is 0 Å². The van der Waals surface area contributed by atoms with Crippen LogP contribution in [0.2, 0.25) is 0 Å². The normalized spacial score (nSPS) is 22.3. The van der Waals surface area contributed by atoms with Crippen LogP contribution in [0.15, 0.2) is 0 Å². The van der Waals surface area contributed by atoms with Gasteiger partial charge in [0.05, 0.1) is 0 Å². The Kier molecular flexibility index (Phi) is 5.93. The van der Waals surface area contributed by atoms with Crippen LogP contribution in [-0.2, 0) is 9.47 Å². The highest BCUT2D eigenvalue weighted by Gasteiger charge is 2.22. The SMILES string of the molecule is CCC(CC1CCCOC1)NC(=O)OC(C)(C)C. The number of carbonyl (C=O) groups excluding carboxylic acids is 1. The maximum atomic E-state index is 11.7. The summed E-state index contributed by atoms with van der Waals surface area (Å²) in [5.41, 5.74) is -0.434. The van der Waals surface area contributed by atoms with Crippen LogP contribution in [0.1, 0.15) is 53.4 Å². The van der Waals surface area contributed by atoms with Crippen molar-refractivity contribution >= 4 is 6.09 Å². The van der Waals surface area contributed by atoms with Gasteiger partial charge in [-0.1, -0.05) is 6.92 Å². The first-order chi connectivity index (χ1) is 8.40. The van der Waals surface area contributed by atoms with Gasteiger partial charge < -0.3 is 14.8 Å². The van der Waals surface area contributed by atoms with E-state index in [1.54, 1.807) is 0 Å². The molecular weight excluding hydrogens is 230 g/mol. The first-order valence-corrected chi connectivity index (χ1v) is 6.98. The Balaban J connectivity index is 2.34. The Labute approximate surface area is 110 Å². The van der Waals surface area contributed by atoms with Crippen LogP contribution in [0, 0.1) is 5.92 Å². The Morgan fingerprint density at radius 2 is 2.22 bits per heavy atom. The largest absolute Gasteiger partial charge is 0.444 e. The van der Waals surface area contributed by atoms with Gasteiger partial charge in [0.15, 0.2) is 0 Å². The van der Waals surface area contributed by atoms with Gasteiger partial charge in [-0.3, -0.25) is 0 Å². The van der Waals surface area contributed by atoms with Gasteiger partial charge in [0.25, 0.3) is 0 Å². The lowest BCUT2D eigenvalue weighted by Gasteiger charge is -2.27. The van der Waals surface area contributed by atoms with E-state index in [1.165, 1.54) is 6.42 Å². The minimum atomic E-state index is -0.434. The Bertz CT molecular complexity index is 254. The zero-order valence-corrected chi connectivity index (χ0v) is 12.1. The summed E-state index contributed by atoms with van der Waals surface area (Å²) in [4.78, 5) is 11.7. The number of hydrogen-bond donors (Lipinski definition) is 1. The number of carbonyl (C=O) groups is 1. The summed E-state index contributed by atoms with van der Waals surface area (Å²) < 4.78 is 10.7. The van der Waals surface area contributed by atoms with Crippen molar-refractivity contribution in [1.82, 2.24) is 5.32 Å². The highest BCUT2D eigenvalue weighted by molar-refractivity contribution is 5.68. The smallest absolute Gasteiger partial charge is 0.407 e. The Hall–Kier alpha value is -0.770. The molecule has 0 saturated carbocycles. The van der Waals surface area contributed by atoms with Crippen LogP contribution in [0.5, 0.6) is 0 Å². The second-order valence-corrected chi connectivity index (χ2v) is 6.07. The fourth-order valence-electron chi connectivity index (χ4n) is 2.20. The number of amides is 1. The van der Waals surface area contributed by atoms with E-state index in [2.05, 4.69) is 12.2 Å². The molecule has 0 aromatic heterocycles. The van der Waals surface area contributed by atoms with E-state index < -0.39 is 5.60 Å². The molecule has 1 N–H and O–H groups in total. The second-order valence-electron chi connectivity index (χ2n) is 6.07. The van der Waals surface area contributed by atoms with Gasteiger partial charge in [-0.2, -0.15) is 0 Å². The summed E-state index contributed by atoms with van der Waals surface area (Å²) >= 11 is 0. The van der Waals surface area contributed by atoms with Crippen molar-refractivity contribution < 1.29 is 14.3 Å². The van der Waals surface area contributed by atoms with Crippen LogP contribution in [-0.4, -0.2) is 30.9 Å². The van der Waals surface area contributed by atoms with Gasteiger partial charge in [-0.15, -0.1) is 0 Å². The van der Waals surface area contributed by atoms with Gasteiger partial charge in [-0.25, -0.2) is 4.79 Å². The van der Waals surface area contributed by atoms with Gasteiger partial charge >= 0.3 is 6.09 Å². The number of alkyl carbamates (subject to hydrolysis) is 1. The predicted octanol–water partition coefficient (Wildman–Crippen LogP) is 3.11. The molecule has 2 unspecified atom stereocenters. The van der Waals surface area contributed by atoms with Gasteiger partial charge in [0.1, 0.15) is 5.60 Å². The Morgan fingerprint density at radius 1 is 1.50 bits per heavy atom. The highest BCUT2D eigenvalue weighted by Crippen LogP contribution is 2.20. The zero-order chi connectivity index (χ0) is 13.6. The van der Waals surface area contributed by atoms with E-state index in [9.17, 15) is 4.79 Å². The quantitative estimate of drug-likeness (QED) is 0.841. The predicted molar refractivity (Wildman–Crippen MR) is 71.6 cm³/mol. The van der Waals surface area contributed by atoms with Crippen molar-refractivity contribution in [3.05, 3.63) is 0 Å². The number of hydrogen-bond acceptors (Lipinski definition) is 3. The first kappa shape index (κ1) is 15.3. The standard InChI is InChI=1S/C14H27NO3/c1-5-12(9-11-7-6-8-17-10-11)15-13(16)18-14(2,3)4/h11-12H,5-10H2,1-4H3,(H,15,16). The maximum Gasteiger partial charge on any atom is 0.407 e. The lowest BCUT2D eigenvalue weighted by Crippen LogP contribution is -2.40. The molecule has 1 fully saturated rings. The highest BCUT2D eigenvalue weighted by atomic mass is 16.6. The van der Waals surface area contributed by atoms with Gasteiger partial charge in [-0.05, 0) is 52.4 Å². The summed E-state index contributed by atoms with van der Waals surface area (Å²) in [7, 11) is 0. The van der Waals surface area contributed by atoms with E-state index >= 15 is 0 Å². The molecule has 1 saturated heterocycles. The van der Waals surface area contributed by atoms with E-state index in [4.69, 9.17) is 9.47 Å². The van der Waals surface area contributed by atoms with Gasteiger partial charge in [0.2, 0.25) is 0 Å². The van der Waals surface area contributed by atoms with Crippen LogP contribution < -0.4 is 5.32 Å². The molecular formula is C14H27NO3. The average Bonchev–Trinajstić information content (AvgIpc) is 2.27. The van der Waals surface area contributed by atoms with Crippen LogP contribution in [0.25, 0.3) is 0 Å². The molecule has 0 aromatic carbocycles. The van der Waals surface area contributed by atoms with Crippen molar-refractivity contribution in [2.24, 2.45) is 5.92 Å². The number of nitrogens with one attached hydrogen (secondary N) is 1. The van der Waals surface area contributed by atoms with Crippen molar-refractivity contribution in [2.45, 2.75) is 65.0 Å². The molecule has 2 atom stereocenters. The van der Waals surface area contributed by atoms with E-state index in [0.29, 0.717) is 5.92 Å². The van der Waals surface area contributed by atoms with E-state index in [1.807, 2.05) is 20.8 Å². The molecule has 1 aliphatic rings. The molecule has 1 heterocycles. The molecule has 4 heteroatoms. The molecule has 1 amide bonds. The van der Waals surface area contributed by atoms with Crippen molar-refractivity contribution in [3.8, 4) is 0 Å². The van der Waals surface area contributed by atoms with Crippen molar-refractivity contribution in [3.63, 3.8) is 0 Å². The van der Waals surface area contributed by atoms with Crippen LogP contribution in [0.4, 0.5) is 4.79 Å². The first-order valence-electron chi connectivity index (χ1n) is 6.98. The maximum absolute atomic E-state index is 11.7. The molecule has 0 bridgehead atoms. The molecule has 4 nitrogen and oxygen atoms in total. The van der Waals surface area contributed by atoms with Crippen LogP contribution in [0.3, 0.4) is 0 Å². The molecule has 0 spiro atoms. The summed E-state index contributed by atoms with van der Waals surface area (Å²) in [5, 5.41) is 2.95. The fourth-order valence-corrected chi connectivity index (χ4v) is 2.20. The molecule has 106 valence electrons. The molecule has 1 aliphatic heterocycles.